The number of aromatic carboxylic acids is 1. The molecule has 0 saturated carbocycles. The van der Waals surface area contributed by atoms with Crippen LogP contribution in [0, 0.1) is 0 Å². The highest BCUT2D eigenvalue weighted by Crippen LogP contribution is 2.36. The molecule has 5 rings (SSSR count). The third-order valence-electron chi connectivity index (χ3n) is 5.81. The molecule has 4 aromatic rings. The second-order valence-corrected chi connectivity index (χ2v) is 8.65. The number of carboxylic acids is 1. The molecule has 1 aliphatic rings. The number of ether oxygens (including phenoxy) is 1. The Morgan fingerprint density at radius 3 is 2.88 bits per heavy atom. The molecule has 2 aromatic heterocycles. The van der Waals surface area contributed by atoms with Crippen molar-refractivity contribution in [1.82, 2.24) is 14.5 Å². The van der Waals surface area contributed by atoms with E-state index in [9.17, 15) is 9.90 Å². The van der Waals surface area contributed by atoms with Gasteiger partial charge in [0.1, 0.15) is 18.2 Å². The zero-order valence-corrected chi connectivity index (χ0v) is 19.0. The van der Waals surface area contributed by atoms with Gasteiger partial charge >= 0.3 is 5.97 Å². The predicted octanol–water partition coefficient (Wildman–Crippen LogP) is 5.47. The summed E-state index contributed by atoms with van der Waals surface area (Å²) in [6.07, 6.45) is 7.26. The molecule has 33 heavy (non-hydrogen) atoms. The average molecular weight is 483 g/mol. The zero-order chi connectivity index (χ0) is 22.9. The summed E-state index contributed by atoms with van der Waals surface area (Å²) in [5.74, 6) is 0.328. The summed E-state index contributed by atoms with van der Waals surface area (Å²) in [4.78, 5) is 22.5. The maximum absolute atomic E-state index is 11.2. The van der Waals surface area contributed by atoms with Crippen LogP contribution in [-0.4, -0.2) is 44.8 Å². The first kappa shape index (κ1) is 21.6. The highest BCUT2D eigenvalue weighted by molar-refractivity contribution is 6.45. The molecule has 1 N–H and O–H groups in total. The van der Waals surface area contributed by atoms with Crippen LogP contribution in [0.4, 0.5) is 5.82 Å². The molecule has 1 atom stereocenters. The fourth-order valence-corrected chi connectivity index (χ4v) is 4.55. The molecule has 168 valence electrons. The summed E-state index contributed by atoms with van der Waals surface area (Å²) in [6.45, 7) is 1.23. The van der Waals surface area contributed by atoms with Gasteiger partial charge in [0.05, 0.1) is 39.2 Å². The lowest BCUT2D eigenvalue weighted by Gasteiger charge is -2.27. The third-order valence-corrected chi connectivity index (χ3v) is 6.61. The number of nitrogens with zero attached hydrogens (tertiary/aromatic N) is 4. The quantitative estimate of drug-likeness (QED) is 0.392. The van der Waals surface area contributed by atoms with Gasteiger partial charge in [0.25, 0.3) is 0 Å². The van der Waals surface area contributed by atoms with Gasteiger partial charge in [-0.1, -0.05) is 29.3 Å². The van der Waals surface area contributed by atoms with Gasteiger partial charge in [-0.2, -0.15) is 0 Å². The molecular formula is C24H20Cl2N4O3. The maximum Gasteiger partial charge on any atom is 0.335 e. The zero-order valence-electron chi connectivity index (χ0n) is 17.5. The molecule has 3 heterocycles. The molecule has 0 spiro atoms. The monoisotopic (exact) mass is 482 g/mol. The van der Waals surface area contributed by atoms with Gasteiger partial charge in [-0.05, 0) is 43.2 Å². The number of benzene rings is 2. The van der Waals surface area contributed by atoms with Crippen molar-refractivity contribution in [3.8, 4) is 11.4 Å². The van der Waals surface area contributed by atoms with E-state index in [1.165, 1.54) is 6.07 Å². The summed E-state index contributed by atoms with van der Waals surface area (Å²) in [6, 6.07) is 12.3. The van der Waals surface area contributed by atoms with E-state index in [-0.39, 0.29) is 11.6 Å². The van der Waals surface area contributed by atoms with E-state index in [0.29, 0.717) is 27.9 Å². The lowest BCUT2D eigenvalue weighted by atomic mass is 10.1. The summed E-state index contributed by atoms with van der Waals surface area (Å²) in [5, 5.41) is 11.0. The number of halogens is 2. The number of carboxylic acid groups (broad SMARTS) is 1. The Bertz CT molecular complexity index is 1330. The van der Waals surface area contributed by atoms with E-state index in [2.05, 4.69) is 9.88 Å². The third kappa shape index (κ3) is 4.21. The number of rotatable bonds is 6. The van der Waals surface area contributed by atoms with E-state index in [4.69, 9.17) is 32.9 Å². The number of anilines is 1. The van der Waals surface area contributed by atoms with E-state index in [1.807, 2.05) is 22.9 Å². The lowest BCUT2D eigenvalue weighted by molar-refractivity contribution is 0.0696. The van der Waals surface area contributed by atoms with Crippen molar-refractivity contribution in [2.24, 2.45) is 0 Å². The summed E-state index contributed by atoms with van der Waals surface area (Å²) < 4.78 is 7.90. The molecule has 2 aromatic carbocycles. The molecule has 9 heteroatoms. The van der Waals surface area contributed by atoms with Gasteiger partial charge in [-0.3, -0.25) is 0 Å². The molecule has 1 unspecified atom stereocenters. The molecule has 0 amide bonds. The fraction of sp³-hybridized carbons (Fsp3) is 0.208. The van der Waals surface area contributed by atoms with Crippen molar-refractivity contribution in [3.05, 3.63) is 76.8 Å². The minimum atomic E-state index is -0.981. The Morgan fingerprint density at radius 2 is 2.09 bits per heavy atom. The smallest absolute Gasteiger partial charge is 0.335 e. The van der Waals surface area contributed by atoms with Crippen LogP contribution in [0.3, 0.4) is 0 Å². The fourth-order valence-electron chi connectivity index (χ4n) is 4.19. The highest BCUT2D eigenvalue weighted by atomic mass is 35.5. The van der Waals surface area contributed by atoms with Crippen molar-refractivity contribution in [2.75, 3.05) is 18.1 Å². The van der Waals surface area contributed by atoms with Gasteiger partial charge in [0.15, 0.2) is 0 Å². The van der Waals surface area contributed by atoms with Gasteiger partial charge < -0.3 is 19.3 Å². The van der Waals surface area contributed by atoms with E-state index < -0.39 is 5.97 Å². The number of fused-ring (bicyclic) bond motifs is 1. The van der Waals surface area contributed by atoms with Gasteiger partial charge in [0, 0.05) is 30.4 Å². The summed E-state index contributed by atoms with van der Waals surface area (Å²) in [7, 11) is 0. The topological polar surface area (TPSA) is 80.5 Å². The standard InChI is InChI=1S/C24H20Cl2N4O3/c25-19-7-6-18-20(29-10-8-27-14-29)12-21(28-23(18)22(19)26)30-9-2-4-16(30)13-33-17-5-1-3-15(11-17)24(31)32/h1,3,5-8,10-12,14,16H,2,4,9,13H2,(H,31,32). The van der Waals surface area contributed by atoms with Crippen LogP contribution in [0.1, 0.15) is 23.2 Å². The Morgan fingerprint density at radius 1 is 1.21 bits per heavy atom. The van der Waals surface area contributed by atoms with Gasteiger partial charge in [-0.25, -0.2) is 14.8 Å². The lowest BCUT2D eigenvalue weighted by Crippen LogP contribution is -2.35. The van der Waals surface area contributed by atoms with Crippen LogP contribution >= 0.6 is 23.2 Å². The molecule has 0 radical (unpaired) electrons. The molecule has 7 nitrogen and oxygen atoms in total. The number of aromatic nitrogens is 3. The molecule has 0 bridgehead atoms. The second kappa shape index (κ2) is 8.92. The number of hydrogen-bond acceptors (Lipinski definition) is 5. The highest BCUT2D eigenvalue weighted by Gasteiger charge is 2.28. The van der Waals surface area contributed by atoms with E-state index >= 15 is 0 Å². The van der Waals surface area contributed by atoms with Crippen molar-refractivity contribution in [2.45, 2.75) is 18.9 Å². The first-order valence-electron chi connectivity index (χ1n) is 10.5. The van der Waals surface area contributed by atoms with E-state index in [1.54, 1.807) is 36.8 Å². The largest absolute Gasteiger partial charge is 0.491 e. The van der Waals surface area contributed by atoms with Crippen LogP contribution < -0.4 is 9.64 Å². The van der Waals surface area contributed by atoms with E-state index in [0.717, 1.165) is 36.3 Å². The van der Waals surface area contributed by atoms with Crippen LogP contribution in [0.5, 0.6) is 5.75 Å². The van der Waals surface area contributed by atoms with Crippen molar-refractivity contribution >= 4 is 45.9 Å². The van der Waals surface area contributed by atoms with Crippen molar-refractivity contribution in [1.29, 1.82) is 0 Å². The Labute approximate surface area is 200 Å². The van der Waals surface area contributed by atoms with Crippen molar-refractivity contribution in [3.63, 3.8) is 0 Å². The summed E-state index contributed by atoms with van der Waals surface area (Å²) >= 11 is 12.8. The second-order valence-electron chi connectivity index (χ2n) is 7.86. The summed E-state index contributed by atoms with van der Waals surface area (Å²) in [5.41, 5.74) is 1.74. The Kier molecular flexibility index (Phi) is 5.83. The van der Waals surface area contributed by atoms with Crippen LogP contribution in [0.25, 0.3) is 16.6 Å². The first-order chi connectivity index (χ1) is 16.0. The Hall–Kier alpha value is -3.29. The SMILES string of the molecule is O=C(O)c1cccc(OCC2CCCN2c2cc(-n3ccnc3)c3ccc(Cl)c(Cl)c3n2)c1. The molecule has 1 saturated heterocycles. The average Bonchev–Trinajstić information content (AvgIpc) is 3.52. The number of pyridine rings is 1. The first-order valence-corrected chi connectivity index (χ1v) is 11.3. The van der Waals surface area contributed by atoms with Gasteiger partial charge in [-0.15, -0.1) is 0 Å². The number of imidazole rings is 1. The predicted molar refractivity (Wildman–Crippen MR) is 128 cm³/mol. The van der Waals surface area contributed by atoms with Crippen LogP contribution in [-0.2, 0) is 0 Å². The molecular weight excluding hydrogens is 463 g/mol. The normalized spacial score (nSPS) is 15.8. The number of carbonyl (C=O) groups is 1. The maximum atomic E-state index is 11.2. The number of hydrogen-bond donors (Lipinski definition) is 1. The molecule has 1 fully saturated rings. The Balaban J connectivity index is 1.48. The van der Waals surface area contributed by atoms with Crippen molar-refractivity contribution < 1.29 is 14.6 Å². The minimum Gasteiger partial charge on any atom is -0.491 e. The van der Waals surface area contributed by atoms with Crippen LogP contribution in [0.15, 0.2) is 61.2 Å². The minimum absolute atomic E-state index is 0.0806. The van der Waals surface area contributed by atoms with Crippen LogP contribution in [0.2, 0.25) is 10.0 Å². The van der Waals surface area contributed by atoms with Gasteiger partial charge in [0.2, 0.25) is 0 Å². The molecule has 0 aliphatic carbocycles. The molecule has 1 aliphatic heterocycles.